The number of methoxy groups -OCH3 is 1. The molecule has 0 spiro atoms. The molecule has 2 aliphatic rings. The molecule has 2 unspecified atom stereocenters. The highest BCUT2D eigenvalue weighted by Crippen LogP contribution is 2.49. The second kappa shape index (κ2) is 9.03. The molecule has 0 bridgehead atoms. The maximum absolute atomic E-state index is 15.0. The Morgan fingerprint density at radius 1 is 1.07 bits per heavy atom. The first-order valence-corrected chi connectivity index (χ1v) is 11.5. The SMILES string of the molecule is CCCCC1CC[C@@H]2CC(c3cc4ccc(C(=O)OC)c(F)c4cc3F)CC[C@H]2C1. The first-order valence-electron chi connectivity index (χ1n) is 11.5. The summed E-state index contributed by atoms with van der Waals surface area (Å²) in [7, 11) is 1.21. The summed E-state index contributed by atoms with van der Waals surface area (Å²) in [5.41, 5.74) is 0.553. The van der Waals surface area contributed by atoms with E-state index in [-0.39, 0.29) is 22.7 Å². The average Bonchev–Trinajstić information content (AvgIpc) is 2.77. The topological polar surface area (TPSA) is 26.3 Å². The molecule has 4 atom stereocenters. The molecule has 4 heteroatoms. The molecule has 2 fully saturated rings. The number of halogens is 2. The van der Waals surface area contributed by atoms with Crippen molar-refractivity contribution in [3.05, 3.63) is 47.0 Å². The number of hydrogen-bond acceptors (Lipinski definition) is 2. The zero-order valence-corrected chi connectivity index (χ0v) is 18.1. The Labute approximate surface area is 178 Å². The van der Waals surface area contributed by atoms with Crippen LogP contribution in [0.1, 0.15) is 86.6 Å². The highest BCUT2D eigenvalue weighted by atomic mass is 19.1. The number of fused-ring (bicyclic) bond motifs is 2. The van der Waals surface area contributed by atoms with Gasteiger partial charge >= 0.3 is 5.97 Å². The van der Waals surface area contributed by atoms with Gasteiger partial charge in [-0.3, -0.25) is 0 Å². The minimum absolute atomic E-state index is 0.143. The fourth-order valence-corrected chi connectivity index (χ4v) is 5.93. The number of esters is 1. The van der Waals surface area contributed by atoms with Crippen LogP contribution in [0.15, 0.2) is 24.3 Å². The molecular formula is C26H32F2O2. The van der Waals surface area contributed by atoms with Gasteiger partial charge in [0.15, 0.2) is 0 Å². The second-order valence-electron chi connectivity index (χ2n) is 9.36. The molecule has 4 rings (SSSR count). The Kier molecular flexibility index (Phi) is 6.40. The minimum Gasteiger partial charge on any atom is -0.465 e. The molecule has 2 aromatic rings. The van der Waals surface area contributed by atoms with Gasteiger partial charge in [0.1, 0.15) is 11.6 Å². The summed E-state index contributed by atoms with van der Waals surface area (Å²) in [6.45, 7) is 2.26. The molecular weight excluding hydrogens is 382 g/mol. The molecule has 0 saturated heterocycles. The number of ether oxygens (including phenoxy) is 1. The van der Waals surface area contributed by atoms with E-state index in [0.29, 0.717) is 16.9 Å². The van der Waals surface area contributed by atoms with Gasteiger partial charge in [-0.15, -0.1) is 0 Å². The van der Waals surface area contributed by atoms with Crippen molar-refractivity contribution >= 4 is 16.7 Å². The summed E-state index contributed by atoms with van der Waals surface area (Å²) in [5, 5.41) is 0.784. The summed E-state index contributed by atoms with van der Waals surface area (Å²) in [6.07, 6.45) is 11.1. The molecule has 162 valence electrons. The predicted molar refractivity (Wildman–Crippen MR) is 116 cm³/mol. The van der Waals surface area contributed by atoms with Crippen molar-refractivity contribution in [2.75, 3.05) is 7.11 Å². The smallest absolute Gasteiger partial charge is 0.340 e. The monoisotopic (exact) mass is 414 g/mol. The first-order chi connectivity index (χ1) is 14.5. The van der Waals surface area contributed by atoms with Gasteiger partial charge in [-0.25, -0.2) is 13.6 Å². The standard InChI is InChI=1S/C26H32F2O2/c1-3-4-5-16-6-7-18-13-19(9-8-17(18)12-16)22-14-20-10-11-21(26(29)30-2)25(28)23(20)15-24(22)27/h10-11,14-19H,3-9,12-13H2,1-2H3/t16?,17-,18+,19?/m0/s1. The Hall–Kier alpha value is -1.97. The molecule has 2 aliphatic carbocycles. The van der Waals surface area contributed by atoms with Gasteiger partial charge < -0.3 is 4.74 Å². The van der Waals surface area contributed by atoms with Crippen molar-refractivity contribution < 1.29 is 18.3 Å². The van der Waals surface area contributed by atoms with E-state index in [4.69, 9.17) is 0 Å². The van der Waals surface area contributed by atoms with Gasteiger partial charge in [-0.05, 0) is 84.9 Å². The third-order valence-electron chi connectivity index (χ3n) is 7.60. The molecule has 30 heavy (non-hydrogen) atoms. The van der Waals surface area contributed by atoms with Crippen LogP contribution >= 0.6 is 0 Å². The van der Waals surface area contributed by atoms with Crippen molar-refractivity contribution in [1.82, 2.24) is 0 Å². The van der Waals surface area contributed by atoms with Gasteiger partial charge in [0, 0.05) is 5.39 Å². The van der Waals surface area contributed by atoms with E-state index >= 15 is 4.39 Å². The lowest BCUT2D eigenvalue weighted by molar-refractivity contribution is 0.0596. The van der Waals surface area contributed by atoms with Crippen LogP contribution in [0.5, 0.6) is 0 Å². The van der Waals surface area contributed by atoms with Gasteiger partial charge in [0.2, 0.25) is 0 Å². The lowest BCUT2D eigenvalue weighted by Crippen LogP contribution is -2.30. The van der Waals surface area contributed by atoms with Crippen molar-refractivity contribution in [2.24, 2.45) is 17.8 Å². The van der Waals surface area contributed by atoms with Crippen LogP contribution < -0.4 is 0 Å². The van der Waals surface area contributed by atoms with Crippen LogP contribution in [0.25, 0.3) is 10.8 Å². The van der Waals surface area contributed by atoms with E-state index in [1.54, 1.807) is 12.1 Å². The van der Waals surface area contributed by atoms with Crippen molar-refractivity contribution in [3.63, 3.8) is 0 Å². The summed E-state index contributed by atoms with van der Waals surface area (Å²) >= 11 is 0. The van der Waals surface area contributed by atoms with E-state index in [0.717, 1.165) is 24.7 Å². The second-order valence-corrected chi connectivity index (χ2v) is 9.36. The number of hydrogen-bond donors (Lipinski definition) is 0. The van der Waals surface area contributed by atoms with Gasteiger partial charge in [0.25, 0.3) is 0 Å². The van der Waals surface area contributed by atoms with Crippen LogP contribution in [-0.4, -0.2) is 13.1 Å². The first kappa shape index (κ1) is 21.3. The highest BCUT2D eigenvalue weighted by molar-refractivity contribution is 5.96. The molecule has 0 N–H and O–H groups in total. The van der Waals surface area contributed by atoms with E-state index < -0.39 is 11.8 Å². The Morgan fingerprint density at radius 2 is 1.83 bits per heavy atom. The number of benzene rings is 2. The van der Waals surface area contributed by atoms with E-state index in [1.165, 1.54) is 64.2 Å². The highest BCUT2D eigenvalue weighted by Gasteiger charge is 2.36. The lowest BCUT2D eigenvalue weighted by atomic mass is 9.63. The average molecular weight is 415 g/mol. The summed E-state index contributed by atoms with van der Waals surface area (Å²) in [6, 6.07) is 6.19. The number of carbonyl (C=O) groups excluding carboxylic acids is 1. The van der Waals surface area contributed by atoms with E-state index in [9.17, 15) is 9.18 Å². The Morgan fingerprint density at radius 3 is 2.60 bits per heavy atom. The van der Waals surface area contributed by atoms with Crippen LogP contribution in [0, 0.1) is 29.4 Å². The maximum atomic E-state index is 15.0. The van der Waals surface area contributed by atoms with E-state index in [2.05, 4.69) is 11.7 Å². The van der Waals surface area contributed by atoms with Crippen LogP contribution in [0.2, 0.25) is 0 Å². The summed E-state index contributed by atoms with van der Waals surface area (Å²) in [4.78, 5) is 11.7. The minimum atomic E-state index is -0.744. The molecule has 0 amide bonds. The normalized spacial score (nSPS) is 26.4. The van der Waals surface area contributed by atoms with Crippen LogP contribution in [0.3, 0.4) is 0 Å². The summed E-state index contributed by atoms with van der Waals surface area (Å²) < 4.78 is 34.4. The van der Waals surface area contributed by atoms with Gasteiger partial charge in [-0.2, -0.15) is 0 Å². The van der Waals surface area contributed by atoms with Crippen LogP contribution in [0.4, 0.5) is 8.78 Å². The van der Waals surface area contributed by atoms with Crippen molar-refractivity contribution in [1.29, 1.82) is 0 Å². The predicted octanol–water partition coefficient (Wildman–Crippen LogP) is 7.39. The molecule has 0 heterocycles. The van der Waals surface area contributed by atoms with Crippen molar-refractivity contribution in [2.45, 2.75) is 70.6 Å². The fourth-order valence-electron chi connectivity index (χ4n) is 5.93. The Balaban J connectivity index is 1.53. The van der Waals surface area contributed by atoms with E-state index in [1.807, 2.05) is 0 Å². The van der Waals surface area contributed by atoms with Crippen molar-refractivity contribution in [3.8, 4) is 0 Å². The van der Waals surface area contributed by atoms with Gasteiger partial charge in [0.05, 0.1) is 12.7 Å². The number of carbonyl (C=O) groups is 1. The molecule has 0 aromatic heterocycles. The quantitative estimate of drug-likeness (QED) is 0.477. The maximum Gasteiger partial charge on any atom is 0.340 e. The summed E-state index contributed by atoms with van der Waals surface area (Å²) in [5.74, 6) is 0.753. The molecule has 2 aromatic carbocycles. The fraction of sp³-hybridized carbons (Fsp3) is 0.577. The lowest BCUT2D eigenvalue weighted by Gasteiger charge is -2.42. The Bertz CT molecular complexity index is 923. The molecule has 2 saturated carbocycles. The van der Waals surface area contributed by atoms with Crippen LogP contribution in [-0.2, 0) is 4.74 Å². The largest absolute Gasteiger partial charge is 0.465 e. The number of unbranched alkanes of at least 4 members (excludes halogenated alkanes) is 1. The van der Waals surface area contributed by atoms with Gasteiger partial charge in [-0.1, -0.05) is 38.7 Å². The third-order valence-corrected chi connectivity index (χ3v) is 7.60. The number of rotatable bonds is 5. The zero-order valence-electron chi connectivity index (χ0n) is 18.1. The molecule has 2 nitrogen and oxygen atoms in total. The zero-order chi connectivity index (χ0) is 21.3. The molecule has 0 aliphatic heterocycles. The third kappa shape index (κ3) is 4.10. The molecule has 0 radical (unpaired) electrons.